The Labute approximate surface area is 182 Å². The highest BCUT2D eigenvalue weighted by Crippen LogP contribution is 2.14. The number of aromatic nitrogens is 4. The van der Waals surface area contributed by atoms with Gasteiger partial charge in [-0.25, -0.2) is 14.6 Å². The van der Waals surface area contributed by atoms with Crippen molar-refractivity contribution in [1.29, 1.82) is 0 Å². The second kappa shape index (κ2) is 8.50. The summed E-state index contributed by atoms with van der Waals surface area (Å²) in [6.45, 7) is 0.0191. The number of benzene rings is 2. The minimum atomic E-state index is -0.516. The maximum absolute atomic E-state index is 13.2. The number of ether oxygens (including phenoxy) is 1. The van der Waals surface area contributed by atoms with E-state index < -0.39 is 11.2 Å². The van der Waals surface area contributed by atoms with E-state index in [-0.39, 0.29) is 23.5 Å². The quantitative estimate of drug-likeness (QED) is 0.369. The summed E-state index contributed by atoms with van der Waals surface area (Å²) in [7, 11) is 4.80. The molecule has 9 nitrogen and oxygen atoms in total. The summed E-state index contributed by atoms with van der Waals surface area (Å²) in [5.74, 6) is 0.654. The highest BCUT2D eigenvalue weighted by molar-refractivity contribution is 5.80. The molecule has 1 N–H and O–H groups in total. The standard InChI is InChI=1S/C22H21FN6O3/c1-27-18-19(25-21(27)26-24-12-14-6-10-17(32-3)11-7-14)28(2)22(31)29(20(18)30)13-15-4-8-16(23)9-5-15/h4-12H,13H2,1-3H3,(H,25,26). The maximum atomic E-state index is 13.2. The molecule has 2 aromatic carbocycles. The van der Waals surface area contributed by atoms with Crippen molar-refractivity contribution in [3.8, 4) is 5.75 Å². The second-order valence-electron chi connectivity index (χ2n) is 7.17. The Bertz CT molecular complexity index is 1420. The first-order chi connectivity index (χ1) is 15.4. The number of nitrogens with one attached hydrogen (secondary N) is 1. The number of anilines is 1. The number of methoxy groups -OCH3 is 1. The van der Waals surface area contributed by atoms with Gasteiger partial charge in [0, 0.05) is 14.1 Å². The third kappa shape index (κ3) is 3.89. The van der Waals surface area contributed by atoms with Crippen molar-refractivity contribution in [3.05, 3.63) is 86.3 Å². The number of hydrogen-bond donors (Lipinski definition) is 1. The van der Waals surface area contributed by atoms with Crippen LogP contribution in [0.1, 0.15) is 11.1 Å². The van der Waals surface area contributed by atoms with Crippen LogP contribution in [0, 0.1) is 5.82 Å². The number of hydrazone groups is 1. The Morgan fingerprint density at radius 3 is 2.41 bits per heavy atom. The van der Waals surface area contributed by atoms with Crippen LogP contribution in [0.2, 0.25) is 0 Å². The lowest BCUT2D eigenvalue weighted by Gasteiger charge is -2.08. The fourth-order valence-electron chi connectivity index (χ4n) is 3.31. The Morgan fingerprint density at radius 2 is 1.75 bits per heavy atom. The molecule has 0 saturated carbocycles. The third-order valence-electron chi connectivity index (χ3n) is 5.11. The van der Waals surface area contributed by atoms with Gasteiger partial charge in [-0.05, 0) is 47.5 Å². The first-order valence-electron chi connectivity index (χ1n) is 9.73. The average Bonchev–Trinajstić information content (AvgIpc) is 3.13. The Hall–Kier alpha value is -4.21. The van der Waals surface area contributed by atoms with Crippen molar-refractivity contribution in [2.75, 3.05) is 12.5 Å². The van der Waals surface area contributed by atoms with Crippen molar-refractivity contribution in [2.45, 2.75) is 6.54 Å². The maximum Gasteiger partial charge on any atom is 0.332 e. The van der Waals surface area contributed by atoms with E-state index in [9.17, 15) is 14.0 Å². The van der Waals surface area contributed by atoms with Crippen molar-refractivity contribution in [3.63, 3.8) is 0 Å². The van der Waals surface area contributed by atoms with Crippen LogP contribution in [0.25, 0.3) is 11.2 Å². The molecule has 4 rings (SSSR count). The van der Waals surface area contributed by atoms with Crippen molar-refractivity contribution < 1.29 is 9.13 Å². The molecule has 0 amide bonds. The average molecular weight is 436 g/mol. The number of nitrogens with zero attached hydrogens (tertiary/aromatic N) is 5. The van der Waals surface area contributed by atoms with Gasteiger partial charge in [0.2, 0.25) is 5.95 Å². The molecule has 0 saturated heterocycles. The van der Waals surface area contributed by atoms with Crippen LogP contribution in [-0.2, 0) is 20.6 Å². The van der Waals surface area contributed by atoms with E-state index in [1.807, 2.05) is 24.3 Å². The molecule has 0 bridgehead atoms. The van der Waals surface area contributed by atoms with Crippen LogP contribution in [0.4, 0.5) is 10.3 Å². The van der Waals surface area contributed by atoms with Gasteiger partial charge >= 0.3 is 5.69 Å². The first kappa shape index (κ1) is 21.0. The molecule has 4 aromatic rings. The highest BCUT2D eigenvalue weighted by atomic mass is 19.1. The van der Waals surface area contributed by atoms with Crippen LogP contribution in [0.3, 0.4) is 0 Å². The fourth-order valence-corrected chi connectivity index (χ4v) is 3.31. The topological polar surface area (TPSA) is 95.4 Å². The summed E-state index contributed by atoms with van der Waals surface area (Å²) in [5, 5.41) is 4.17. The van der Waals surface area contributed by atoms with Gasteiger partial charge in [-0.1, -0.05) is 12.1 Å². The van der Waals surface area contributed by atoms with Crippen LogP contribution >= 0.6 is 0 Å². The van der Waals surface area contributed by atoms with Crippen molar-refractivity contribution in [1.82, 2.24) is 18.7 Å². The number of hydrogen-bond acceptors (Lipinski definition) is 6. The molecule has 0 unspecified atom stereocenters. The Morgan fingerprint density at radius 1 is 1.06 bits per heavy atom. The van der Waals surface area contributed by atoms with E-state index in [0.717, 1.165) is 15.9 Å². The van der Waals surface area contributed by atoms with E-state index in [1.54, 1.807) is 32.0 Å². The van der Waals surface area contributed by atoms with Crippen molar-refractivity contribution in [2.24, 2.45) is 19.2 Å². The normalized spacial score (nSPS) is 11.4. The van der Waals surface area contributed by atoms with Crippen LogP contribution < -0.4 is 21.4 Å². The number of fused-ring (bicyclic) bond motifs is 1. The smallest absolute Gasteiger partial charge is 0.332 e. The zero-order valence-corrected chi connectivity index (χ0v) is 17.7. The van der Waals surface area contributed by atoms with Gasteiger partial charge in [0.1, 0.15) is 11.6 Å². The van der Waals surface area contributed by atoms with Gasteiger partial charge < -0.3 is 9.30 Å². The fraction of sp³-hybridized carbons (Fsp3) is 0.182. The predicted molar refractivity (Wildman–Crippen MR) is 120 cm³/mol. The van der Waals surface area contributed by atoms with Crippen molar-refractivity contribution >= 4 is 23.3 Å². The molecule has 0 aliphatic rings. The van der Waals surface area contributed by atoms with E-state index >= 15 is 0 Å². The Kier molecular flexibility index (Phi) is 5.59. The molecular formula is C22H21FN6O3. The van der Waals surface area contributed by atoms with Gasteiger partial charge in [0.05, 0.1) is 19.9 Å². The Balaban J connectivity index is 1.68. The minimum Gasteiger partial charge on any atom is -0.497 e. The zero-order chi connectivity index (χ0) is 22.8. The highest BCUT2D eigenvalue weighted by Gasteiger charge is 2.18. The van der Waals surface area contributed by atoms with Crippen LogP contribution in [0.15, 0.2) is 63.2 Å². The monoisotopic (exact) mass is 436 g/mol. The zero-order valence-electron chi connectivity index (χ0n) is 17.7. The molecule has 32 heavy (non-hydrogen) atoms. The van der Waals surface area contributed by atoms with Gasteiger partial charge in [-0.2, -0.15) is 10.1 Å². The molecule has 0 aliphatic heterocycles. The summed E-state index contributed by atoms with van der Waals surface area (Å²) in [6.07, 6.45) is 1.60. The molecule has 10 heteroatoms. The van der Waals surface area contributed by atoms with Crippen LogP contribution in [0.5, 0.6) is 5.75 Å². The number of imidazole rings is 1. The van der Waals surface area contributed by atoms with Gasteiger partial charge in [-0.15, -0.1) is 0 Å². The molecule has 0 spiro atoms. The van der Waals surface area contributed by atoms with E-state index in [2.05, 4.69) is 15.5 Å². The number of halogens is 1. The van der Waals surface area contributed by atoms with Gasteiger partial charge in [0.15, 0.2) is 11.2 Å². The lowest BCUT2D eigenvalue weighted by atomic mass is 10.2. The lowest BCUT2D eigenvalue weighted by molar-refractivity contribution is 0.415. The lowest BCUT2D eigenvalue weighted by Crippen LogP contribution is -2.39. The van der Waals surface area contributed by atoms with Gasteiger partial charge in [-0.3, -0.25) is 13.9 Å². The molecule has 2 aromatic heterocycles. The number of rotatable bonds is 6. The molecule has 164 valence electrons. The largest absolute Gasteiger partial charge is 0.497 e. The SMILES string of the molecule is COc1ccc(C=NNc2nc3c(c(=O)n(Cc4ccc(F)cc4)c(=O)n3C)n2C)cc1. The predicted octanol–water partition coefficient (Wildman–Crippen LogP) is 2.08. The summed E-state index contributed by atoms with van der Waals surface area (Å²) >= 11 is 0. The van der Waals surface area contributed by atoms with E-state index in [4.69, 9.17) is 4.74 Å². The first-order valence-corrected chi connectivity index (χ1v) is 9.73. The van der Waals surface area contributed by atoms with Crippen LogP contribution in [-0.4, -0.2) is 32.0 Å². The summed E-state index contributed by atoms with van der Waals surface area (Å²) in [4.78, 5) is 30.3. The molecule has 0 fully saturated rings. The molecule has 0 radical (unpaired) electrons. The van der Waals surface area contributed by atoms with Gasteiger partial charge in [0.25, 0.3) is 5.56 Å². The summed E-state index contributed by atoms with van der Waals surface area (Å²) in [5.41, 5.74) is 3.76. The molecule has 2 heterocycles. The summed E-state index contributed by atoms with van der Waals surface area (Å²) in [6, 6.07) is 13.0. The third-order valence-corrected chi connectivity index (χ3v) is 5.11. The molecule has 0 aliphatic carbocycles. The molecule has 0 atom stereocenters. The molecular weight excluding hydrogens is 415 g/mol. The minimum absolute atomic E-state index is 0.0191. The van der Waals surface area contributed by atoms with E-state index in [0.29, 0.717) is 11.5 Å². The van der Waals surface area contributed by atoms with E-state index in [1.165, 1.54) is 28.8 Å². The number of aryl methyl sites for hydroxylation is 2. The summed E-state index contributed by atoms with van der Waals surface area (Å²) < 4.78 is 22.3. The second-order valence-corrected chi connectivity index (χ2v) is 7.17.